The second-order valence-electron chi connectivity index (χ2n) is 6.73. The van der Waals surface area contributed by atoms with E-state index in [1.165, 1.54) is 4.90 Å². The van der Waals surface area contributed by atoms with Crippen LogP contribution in [0, 0.1) is 16.0 Å². The molecule has 1 saturated heterocycles. The minimum atomic E-state index is -4.67. The molecular weight excluding hydrogens is 381 g/mol. The van der Waals surface area contributed by atoms with Crippen LogP contribution in [0.3, 0.4) is 0 Å². The number of piperidine rings is 1. The van der Waals surface area contributed by atoms with E-state index in [1.54, 1.807) is 19.0 Å². The summed E-state index contributed by atoms with van der Waals surface area (Å²) in [6.07, 6.45) is -3.92. The number of nitrogens with one attached hydrogen (secondary N) is 1. The standard InChI is InChI=1S/C17H21F3N4O4/c1-22(2)15(25)10-21-16(26)11-5-7-23(8-6-11)13-4-3-12(17(18,19)20)9-14(13)24(27)28/h3-4,9,11H,5-8,10H2,1-2H3,(H,21,26). The molecule has 1 heterocycles. The summed E-state index contributed by atoms with van der Waals surface area (Å²) in [6.45, 7) is 0.453. The monoisotopic (exact) mass is 402 g/mol. The van der Waals surface area contributed by atoms with Gasteiger partial charge < -0.3 is 15.1 Å². The summed E-state index contributed by atoms with van der Waals surface area (Å²) in [4.78, 5) is 37.0. The average molecular weight is 402 g/mol. The summed E-state index contributed by atoms with van der Waals surface area (Å²) in [6, 6.07) is 2.44. The number of hydrogen-bond acceptors (Lipinski definition) is 5. The second-order valence-corrected chi connectivity index (χ2v) is 6.73. The zero-order valence-corrected chi connectivity index (χ0v) is 15.5. The molecule has 11 heteroatoms. The van der Waals surface area contributed by atoms with Gasteiger partial charge in [0.25, 0.3) is 5.69 Å². The Morgan fingerprint density at radius 3 is 2.39 bits per heavy atom. The van der Waals surface area contributed by atoms with Gasteiger partial charge in [-0.05, 0) is 25.0 Å². The number of amides is 2. The molecule has 0 saturated carbocycles. The Balaban J connectivity index is 2.04. The molecule has 28 heavy (non-hydrogen) atoms. The first-order valence-corrected chi connectivity index (χ1v) is 8.59. The van der Waals surface area contributed by atoms with Gasteiger partial charge in [0, 0.05) is 39.2 Å². The van der Waals surface area contributed by atoms with E-state index in [4.69, 9.17) is 0 Å². The van der Waals surface area contributed by atoms with Crippen molar-refractivity contribution in [2.75, 3.05) is 38.6 Å². The van der Waals surface area contributed by atoms with Crippen molar-refractivity contribution >= 4 is 23.2 Å². The third kappa shape index (κ3) is 5.11. The molecule has 2 amide bonds. The average Bonchev–Trinajstić information content (AvgIpc) is 2.64. The highest BCUT2D eigenvalue weighted by Crippen LogP contribution is 2.37. The molecule has 1 aromatic rings. The smallest absolute Gasteiger partial charge is 0.366 e. The van der Waals surface area contributed by atoms with Gasteiger partial charge in [-0.2, -0.15) is 13.2 Å². The SMILES string of the molecule is CN(C)C(=O)CNC(=O)C1CCN(c2ccc(C(F)(F)F)cc2[N+](=O)[O-])CC1. The number of carbonyl (C=O) groups excluding carboxylic acids is 2. The van der Waals surface area contributed by atoms with Crippen molar-refractivity contribution in [3.05, 3.63) is 33.9 Å². The summed E-state index contributed by atoms with van der Waals surface area (Å²) in [5, 5.41) is 13.8. The van der Waals surface area contributed by atoms with Crippen LogP contribution in [0.5, 0.6) is 0 Å². The largest absolute Gasteiger partial charge is 0.416 e. The van der Waals surface area contributed by atoms with E-state index >= 15 is 0 Å². The highest BCUT2D eigenvalue weighted by molar-refractivity contribution is 5.85. The van der Waals surface area contributed by atoms with Crippen LogP contribution in [-0.4, -0.2) is 55.4 Å². The Kier molecular flexibility index (Phi) is 6.47. The van der Waals surface area contributed by atoms with Crippen molar-refractivity contribution < 1.29 is 27.7 Å². The van der Waals surface area contributed by atoms with E-state index < -0.39 is 22.4 Å². The molecule has 1 aliphatic heterocycles. The molecule has 0 unspecified atom stereocenters. The molecule has 1 aliphatic rings. The third-order valence-electron chi connectivity index (χ3n) is 4.62. The Labute approximate surface area is 159 Å². The molecule has 154 valence electrons. The highest BCUT2D eigenvalue weighted by atomic mass is 19.4. The van der Waals surface area contributed by atoms with Crippen molar-refractivity contribution in [1.82, 2.24) is 10.2 Å². The Morgan fingerprint density at radius 1 is 1.29 bits per heavy atom. The fraction of sp³-hybridized carbons (Fsp3) is 0.529. The lowest BCUT2D eigenvalue weighted by Crippen LogP contribution is -2.43. The van der Waals surface area contributed by atoms with Crippen molar-refractivity contribution in [1.29, 1.82) is 0 Å². The number of nitro groups is 1. The zero-order chi connectivity index (χ0) is 21.1. The molecular formula is C17H21F3N4O4. The summed E-state index contributed by atoms with van der Waals surface area (Å²) in [5.41, 5.74) is -1.60. The summed E-state index contributed by atoms with van der Waals surface area (Å²) >= 11 is 0. The lowest BCUT2D eigenvalue weighted by Gasteiger charge is -2.32. The summed E-state index contributed by atoms with van der Waals surface area (Å²) in [7, 11) is 3.15. The molecule has 1 fully saturated rings. The first kappa shape index (κ1) is 21.5. The number of nitrogens with zero attached hydrogens (tertiary/aromatic N) is 3. The van der Waals surface area contributed by atoms with Crippen LogP contribution in [0.25, 0.3) is 0 Å². The minimum Gasteiger partial charge on any atom is -0.366 e. The molecule has 0 spiro atoms. The molecule has 1 aromatic carbocycles. The van der Waals surface area contributed by atoms with Gasteiger partial charge in [-0.3, -0.25) is 19.7 Å². The van der Waals surface area contributed by atoms with Crippen LogP contribution in [0.15, 0.2) is 18.2 Å². The maximum atomic E-state index is 12.8. The maximum Gasteiger partial charge on any atom is 0.416 e. The van der Waals surface area contributed by atoms with Gasteiger partial charge in [-0.1, -0.05) is 0 Å². The number of hydrogen-bond donors (Lipinski definition) is 1. The Hall–Kier alpha value is -2.85. The van der Waals surface area contributed by atoms with Crippen molar-refractivity contribution in [2.24, 2.45) is 5.92 Å². The topological polar surface area (TPSA) is 95.8 Å². The zero-order valence-electron chi connectivity index (χ0n) is 15.5. The Morgan fingerprint density at radius 2 is 1.89 bits per heavy atom. The molecule has 0 atom stereocenters. The number of rotatable bonds is 5. The number of alkyl halides is 3. The highest BCUT2D eigenvalue weighted by Gasteiger charge is 2.35. The van der Waals surface area contributed by atoms with Crippen molar-refractivity contribution in [2.45, 2.75) is 19.0 Å². The van der Waals surface area contributed by atoms with Crippen LogP contribution in [0.1, 0.15) is 18.4 Å². The maximum absolute atomic E-state index is 12.8. The van der Waals surface area contributed by atoms with Gasteiger partial charge in [-0.15, -0.1) is 0 Å². The van der Waals surface area contributed by atoms with Gasteiger partial charge in [0.1, 0.15) is 5.69 Å². The number of carbonyl (C=O) groups is 2. The molecule has 0 bridgehead atoms. The van der Waals surface area contributed by atoms with Gasteiger partial charge >= 0.3 is 6.18 Å². The van der Waals surface area contributed by atoms with Crippen molar-refractivity contribution in [3.8, 4) is 0 Å². The molecule has 1 N–H and O–H groups in total. The molecule has 0 aliphatic carbocycles. The number of likely N-dealkylation sites (N-methyl/N-ethyl adjacent to an activating group) is 1. The fourth-order valence-corrected chi connectivity index (χ4v) is 2.96. The Bertz CT molecular complexity index is 759. The predicted molar refractivity (Wildman–Crippen MR) is 94.7 cm³/mol. The number of benzene rings is 1. The van der Waals surface area contributed by atoms with E-state index in [9.17, 15) is 32.9 Å². The van der Waals surface area contributed by atoms with Crippen LogP contribution >= 0.6 is 0 Å². The van der Waals surface area contributed by atoms with Crippen LogP contribution in [-0.2, 0) is 15.8 Å². The fourth-order valence-electron chi connectivity index (χ4n) is 2.96. The quantitative estimate of drug-likeness (QED) is 0.601. The first-order valence-electron chi connectivity index (χ1n) is 8.59. The van der Waals surface area contributed by atoms with E-state index in [1.807, 2.05) is 0 Å². The lowest BCUT2D eigenvalue weighted by molar-refractivity contribution is -0.384. The number of nitro benzene ring substituents is 1. The number of anilines is 1. The molecule has 0 radical (unpaired) electrons. The van der Waals surface area contributed by atoms with Gasteiger partial charge in [0.2, 0.25) is 11.8 Å². The van der Waals surface area contributed by atoms with Crippen LogP contribution < -0.4 is 10.2 Å². The van der Waals surface area contributed by atoms with Gasteiger partial charge in [0.15, 0.2) is 0 Å². The lowest BCUT2D eigenvalue weighted by atomic mass is 9.95. The predicted octanol–water partition coefficient (Wildman–Crippen LogP) is 2.03. The summed E-state index contributed by atoms with van der Waals surface area (Å²) in [5.74, 6) is -0.886. The third-order valence-corrected chi connectivity index (χ3v) is 4.62. The van der Waals surface area contributed by atoms with E-state index in [2.05, 4.69) is 5.32 Å². The normalized spacial score (nSPS) is 15.2. The van der Waals surface area contributed by atoms with E-state index in [0.29, 0.717) is 18.9 Å². The molecule has 0 aromatic heterocycles. The molecule has 2 rings (SSSR count). The van der Waals surface area contributed by atoms with E-state index in [-0.39, 0.29) is 43.1 Å². The second kappa shape index (κ2) is 8.44. The van der Waals surface area contributed by atoms with Crippen LogP contribution in [0.4, 0.5) is 24.5 Å². The van der Waals surface area contributed by atoms with E-state index in [0.717, 1.165) is 12.1 Å². The minimum absolute atomic E-state index is 0.0969. The van der Waals surface area contributed by atoms with Crippen LogP contribution in [0.2, 0.25) is 0 Å². The first-order chi connectivity index (χ1) is 13.0. The summed E-state index contributed by atoms with van der Waals surface area (Å²) < 4.78 is 38.5. The molecule has 8 nitrogen and oxygen atoms in total. The van der Waals surface area contributed by atoms with Crippen molar-refractivity contribution in [3.63, 3.8) is 0 Å². The number of halogens is 3. The van der Waals surface area contributed by atoms with Gasteiger partial charge in [0.05, 0.1) is 17.0 Å². The van der Waals surface area contributed by atoms with Gasteiger partial charge in [-0.25, -0.2) is 0 Å².